The molecule has 0 aliphatic carbocycles. The van der Waals surface area contributed by atoms with Gasteiger partial charge in [-0.05, 0) is 36.9 Å². The third-order valence-corrected chi connectivity index (χ3v) is 3.61. The summed E-state index contributed by atoms with van der Waals surface area (Å²) in [7, 11) is -1.53. The van der Waals surface area contributed by atoms with E-state index in [0.717, 1.165) is 31.5 Å². The van der Waals surface area contributed by atoms with Crippen LogP contribution in [0.2, 0.25) is 0 Å². The Hall–Kier alpha value is -1.24. The van der Waals surface area contributed by atoms with Crippen molar-refractivity contribution in [2.24, 2.45) is 0 Å². The van der Waals surface area contributed by atoms with E-state index in [1.807, 2.05) is 12.1 Å². The van der Waals surface area contributed by atoms with Crippen LogP contribution in [0.15, 0.2) is 12.1 Å². The normalized spacial score (nSPS) is 22.0. The number of nitrogens with one attached hydrogen (secondary N) is 1. The molecule has 3 N–H and O–H groups in total. The van der Waals surface area contributed by atoms with Crippen molar-refractivity contribution in [3.63, 3.8) is 0 Å². The van der Waals surface area contributed by atoms with Gasteiger partial charge in [0, 0.05) is 12.0 Å². The maximum atomic E-state index is 9.60. The first-order chi connectivity index (χ1) is 8.77. The second-order valence-electron chi connectivity index (χ2n) is 4.72. The van der Waals surface area contributed by atoms with Gasteiger partial charge in [-0.2, -0.15) is 0 Å². The largest absolute Gasteiger partial charge is 0.492 e. The standard InChI is InChI=1S/C12H16BNO4/c15-13(16)11-9(8-2-1-5-14-6-8)3-4-10-12(11)18-7-17-10/h3-4,8,14-16H,1-2,5-7H2. The van der Waals surface area contributed by atoms with Crippen molar-refractivity contribution in [1.29, 1.82) is 0 Å². The molecule has 0 spiro atoms. The van der Waals surface area contributed by atoms with Gasteiger partial charge in [0.1, 0.15) is 0 Å². The number of hydrogen-bond donors (Lipinski definition) is 3. The van der Waals surface area contributed by atoms with Crippen LogP contribution in [0.4, 0.5) is 0 Å². The van der Waals surface area contributed by atoms with Gasteiger partial charge in [-0.15, -0.1) is 0 Å². The van der Waals surface area contributed by atoms with Gasteiger partial charge in [-0.25, -0.2) is 0 Å². The number of fused-ring (bicyclic) bond motifs is 1. The van der Waals surface area contributed by atoms with Crippen LogP contribution in [0.5, 0.6) is 11.5 Å². The lowest BCUT2D eigenvalue weighted by Gasteiger charge is -2.25. The molecule has 2 heterocycles. The van der Waals surface area contributed by atoms with Crippen LogP contribution in [0.3, 0.4) is 0 Å². The summed E-state index contributed by atoms with van der Waals surface area (Å²) in [6.45, 7) is 2.03. The number of rotatable bonds is 2. The summed E-state index contributed by atoms with van der Waals surface area (Å²) in [6.07, 6.45) is 2.15. The predicted octanol–water partition coefficient (Wildman–Crippen LogP) is -0.438. The molecule has 18 heavy (non-hydrogen) atoms. The highest BCUT2D eigenvalue weighted by atomic mass is 16.7. The van der Waals surface area contributed by atoms with Crippen LogP contribution in [0, 0.1) is 0 Å². The summed E-state index contributed by atoms with van der Waals surface area (Å²) in [6, 6.07) is 3.76. The van der Waals surface area contributed by atoms with Crippen LogP contribution in [-0.4, -0.2) is 37.0 Å². The molecule has 1 atom stereocenters. The second kappa shape index (κ2) is 4.80. The minimum atomic E-state index is -1.53. The van der Waals surface area contributed by atoms with Crippen molar-refractivity contribution in [3.05, 3.63) is 17.7 Å². The van der Waals surface area contributed by atoms with E-state index in [2.05, 4.69) is 5.32 Å². The lowest BCUT2D eigenvalue weighted by atomic mass is 9.72. The summed E-state index contributed by atoms with van der Waals surface area (Å²) in [5.74, 6) is 1.36. The fraction of sp³-hybridized carbons (Fsp3) is 0.500. The van der Waals surface area contributed by atoms with E-state index >= 15 is 0 Å². The molecule has 6 heteroatoms. The Kier molecular flexibility index (Phi) is 3.15. The Labute approximate surface area is 106 Å². The zero-order chi connectivity index (χ0) is 12.5. The SMILES string of the molecule is OB(O)c1c(C2CCCNC2)ccc2c1OCO2. The average Bonchev–Trinajstić information content (AvgIpc) is 2.86. The van der Waals surface area contributed by atoms with Crippen molar-refractivity contribution in [3.8, 4) is 11.5 Å². The molecule has 1 aromatic carbocycles. The van der Waals surface area contributed by atoms with Crippen LogP contribution in [0.25, 0.3) is 0 Å². The Balaban J connectivity index is 2.02. The number of piperidine rings is 1. The lowest BCUT2D eigenvalue weighted by molar-refractivity contribution is 0.174. The van der Waals surface area contributed by atoms with Gasteiger partial charge in [0.25, 0.3) is 0 Å². The molecule has 1 saturated heterocycles. The van der Waals surface area contributed by atoms with Crippen LogP contribution >= 0.6 is 0 Å². The zero-order valence-electron chi connectivity index (χ0n) is 10.1. The summed E-state index contributed by atoms with van der Waals surface area (Å²) in [4.78, 5) is 0. The molecule has 1 aromatic rings. The molecule has 0 amide bonds. The first-order valence-electron chi connectivity index (χ1n) is 6.26. The van der Waals surface area contributed by atoms with Gasteiger partial charge in [-0.1, -0.05) is 6.07 Å². The predicted molar refractivity (Wildman–Crippen MR) is 67.2 cm³/mol. The highest BCUT2D eigenvalue weighted by Crippen LogP contribution is 2.34. The third kappa shape index (κ3) is 1.96. The molecular formula is C12H16BNO4. The number of ether oxygens (including phenoxy) is 2. The van der Waals surface area contributed by atoms with Gasteiger partial charge in [0.15, 0.2) is 11.5 Å². The Bertz CT molecular complexity index is 446. The molecule has 1 unspecified atom stereocenters. The van der Waals surface area contributed by atoms with E-state index in [4.69, 9.17) is 9.47 Å². The number of benzene rings is 1. The summed E-state index contributed by atoms with van der Waals surface area (Å²) in [5, 5.41) is 22.5. The van der Waals surface area contributed by atoms with Crippen molar-refractivity contribution in [2.75, 3.05) is 19.9 Å². The first-order valence-corrected chi connectivity index (χ1v) is 6.26. The van der Waals surface area contributed by atoms with Gasteiger partial charge < -0.3 is 24.8 Å². The maximum absolute atomic E-state index is 9.60. The molecule has 96 valence electrons. The van der Waals surface area contributed by atoms with E-state index in [9.17, 15) is 10.0 Å². The summed E-state index contributed by atoms with van der Waals surface area (Å²) < 4.78 is 10.6. The maximum Gasteiger partial charge on any atom is 0.492 e. The highest BCUT2D eigenvalue weighted by Gasteiger charge is 2.31. The van der Waals surface area contributed by atoms with Gasteiger partial charge in [0.05, 0.1) is 0 Å². The number of hydrogen-bond acceptors (Lipinski definition) is 5. The van der Waals surface area contributed by atoms with E-state index in [0.29, 0.717) is 22.9 Å². The first kappa shape index (κ1) is 11.8. The van der Waals surface area contributed by atoms with Crippen molar-refractivity contribution < 1.29 is 19.5 Å². The Morgan fingerprint density at radius 2 is 2.17 bits per heavy atom. The Morgan fingerprint density at radius 3 is 2.89 bits per heavy atom. The van der Waals surface area contributed by atoms with E-state index < -0.39 is 7.12 Å². The van der Waals surface area contributed by atoms with Crippen LogP contribution in [0.1, 0.15) is 24.3 Å². The van der Waals surface area contributed by atoms with Crippen molar-refractivity contribution in [1.82, 2.24) is 5.32 Å². The topological polar surface area (TPSA) is 71.0 Å². The summed E-state index contributed by atoms with van der Waals surface area (Å²) in [5.41, 5.74) is 1.40. The zero-order valence-corrected chi connectivity index (χ0v) is 10.1. The van der Waals surface area contributed by atoms with Crippen LogP contribution in [-0.2, 0) is 0 Å². The molecule has 1 fully saturated rings. The van der Waals surface area contributed by atoms with Gasteiger partial charge >= 0.3 is 7.12 Å². The fourth-order valence-corrected chi connectivity index (χ4v) is 2.75. The molecule has 2 aliphatic rings. The highest BCUT2D eigenvalue weighted by molar-refractivity contribution is 6.60. The van der Waals surface area contributed by atoms with Crippen molar-refractivity contribution >= 4 is 12.6 Å². The van der Waals surface area contributed by atoms with Gasteiger partial charge in [-0.3, -0.25) is 0 Å². The molecule has 0 saturated carbocycles. The average molecular weight is 249 g/mol. The second-order valence-corrected chi connectivity index (χ2v) is 4.72. The molecule has 0 radical (unpaired) electrons. The Morgan fingerprint density at radius 1 is 1.28 bits per heavy atom. The fourth-order valence-electron chi connectivity index (χ4n) is 2.75. The molecule has 3 rings (SSSR count). The third-order valence-electron chi connectivity index (χ3n) is 3.61. The molecule has 0 aromatic heterocycles. The summed E-state index contributed by atoms with van der Waals surface area (Å²) >= 11 is 0. The molecule has 5 nitrogen and oxygen atoms in total. The van der Waals surface area contributed by atoms with E-state index in [-0.39, 0.29) is 6.79 Å². The molecule has 0 bridgehead atoms. The minimum Gasteiger partial charge on any atom is -0.454 e. The lowest BCUT2D eigenvalue weighted by Crippen LogP contribution is -2.38. The monoisotopic (exact) mass is 249 g/mol. The smallest absolute Gasteiger partial charge is 0.454 e. The minimum absolute atomic E-state index is 0.140. The molecule has 2 aliphatic heterocycles. The quantitative estimate of drug-likeness (QED) is 0.620. The molecular weight excluding hydrogens is 233 g/mol. The van der Waals surface area contributed by atoms with Gasteiger partial charge in [0.2, 0.25) is 6.79 Å². The van der Waals surface area contributed by atoms with Crippen molar-refractivity contribution in [2.45, 2.75) is 18.8 Å². The van der Waals surface area contributed by atoms with Crippen LogP contribution < -0.4 is 20.3 Å². The van der Waals surface area contributed by atoms with E-state index in [1.165, 1.54) is 0 Å². The van der Waals surface area contributed by atoms with E-state index in [1.54, 1.807) is 0 Å².